The third-order valence-corrected chi connectivity index (χ3v) is 5.63. The molecule has 0 aliphatic carbocycles. The number of carbonyl (C=O) groups excluding carboxylic acids is 1. The molecule has 0 amide bonds. The van der Waals surface area contributed by atoms with Crippen molar-refractivity contribution in [3.8, 4) is 11.5 Å². The lowest BCUT2D eigenvalue weighted by molar-refractivity contribution is -0.380. The van der Waals surface area contributed by atoms with Crippen molar-refractivity contribution < 1.29 is 64.2 Å². The number of hydrogen-bond donors (Lipinski definition) is 7. The van der Waals surface area contributed by atoms with Gasteiger partial charge in [-0.05, 0) is 18.2 Å². The zero-order chi connectivity index (χ0) is 24.3. The quantitative estimate of drug-likeness (QED) is 0.173. The number of ether oxygens (including phenoxy) is 5. The van der Waals surface area contributed by atoms with Crippen molar-refractivity contribution in [1.82, 2.24) is 0 Å². The van der Waals surface area contributed by atoms with Crippen LogP contribution < -0.4 is 9.47 Å². The fourth-order valence-corrected chi connectivity index (χ4v) is 3.74. The Morgan fingerprint density at radius 3 is 2.24 bits per heavy atom. The Hall–Kier alpha value is -1.91. The summed E-state index contributed by atoms with van der Waals surface area (Å²) in [5, 5.41) is 70.3. The third kappa shape index (κ3) is 4.83. The summed E-state index contributed by atoms with van der Waals surface area (Å²) in [5.74, 6) is -2.15. The first-order chi connectivity index (χ1) is 15.7. The highest BCUT2D eigenvalue weighted by Gasteiger charge is 2.59. The molecule has 3 rings (SSSR count). The molecule has 0 radical (unpaired) electrons. The molecule has 13 heteroatoms. The predicted molar refractivity (Wildman–Crippen MR) is 105 cm³/mol. The van der Waals surface area contributed by atoms with E-state index in [4.69, 9.17) is 23.7 Å². The smallest absolute Gasteiger partial charge is 0.224 e. The molecule has 186 valence electrons. The molecule has 2 aliphatic rings. The molecule has 33 heavy (non-hydrogen) atoms. The maximum absolute atomic E-state index is 11.0. The Balaban J connectivity index is 1.94. The minimum atomic E-state index is -2.29. The summed E-state index contributed by atoms with van der Waals surface area (Å²) in [7, 11) is 1.31. The van der Waals surface area contributed by atoms with Crippen molar-refractivity contribution in [1.29, 1.82) is 0 Å². The summed E-state index contributed by atoms with van der Waals surface area (Å²) in [6.45, 7) is -2.41. The molecule has 2 fully saturated rings. The van der Waals surface area contributed by atoms with Gasteiger partial charge in [-0.1, -0.05) is 0 Å². The van der Waals surface area contributed by atoms with Gasteiger partial charge in [-0.25, -0.2) is 0 Å². The van der Waals surface area contributed by atoms with Gasteiger partial charge in [0.25, 0.3) is 0 Å². The number of aldehydes is 1. The molecule has 2 heterocycles. The van der Waals surface area contributed by atoms with Gasteiger partial charge < -0.3 is 59.4 Å². The van der Waals surface area contributed by atoms with Gasteiger partial charge in [0.2, 0.25) is 12.1 Å². The number of methoxy groups -OCH3 is 1. The zero-order valence-electron chi connectivity index (χ0n) is 17.6. The van der Waals surface area contributed by atoms with E-state index in [9.17, 15) is 40.5 Å². The molecule has 0 bridgehead atoms. The van der Waals surface area contributed by atoms with Crippen LogP contribution in [0, 0.1) is 0 Å². The minimum absolute atomic E-state index is 0.0261. The van der Waals surface area contributed by atoms with Gasteiger partial charge in [-0.2, -0.15) is 0 Å². The van der Waals surface area contributed by atoms with Crippen LogP contribution in [0.15, 0.2) is 18.2 Å². The summed E-state index contributed by atoms with van der Waals surface area (Å²) < 4.78 is 27.5. The van der Waals surface area contributed by atoms with Crippen molar-refractivity contribution >= 4 is 6.29 Å². The molecule has 0 aromatic heterocycles. The molecule has 0 unspecified atom stereocenters. The molecule has 9 atom stereocenters. The largest absolute Gasteiger partial charge is 0.493 e. The van der Waals surface area contributed by atoms with Crippen molar-refractivity contribution in [3.63, 3.8) is 0 Å². The van der Waals surface area contributed by atoms with Crippen molar-refractivity contribution in [3.05, 3.63) is 23.8 Å². The monoisotopic (exact) mass is 476 g/mol. The van der Waals surface area contributed by atoms with E-state index in [1.807, 2.05) is 0 Å². The summed E-state index contributed by atoms with van der Waals surface area (Å²) >= 11 is 0. The average molecular weight is 476 g/mol. The lowest BCUT2D eigenvalue weighted by Crippen LogP contribution is -2.64. The second kappa shape index (κ2) is 10.6. The molecule has 0 spiro atoms. The van der Waals surface area contributed by atoms with Crippen LogP contribution in [0.3, 0.4) is 0 Å². The third-order valence-electron chi connectivity index (χ3n) is 5.63. The van der Waals surface area contributed by atoms with E-state index in [1.54, 1.807) is 0 Å². The number of aliphatic hydroxyl groups is 7. The first-order valence-electron chi connectivity index (χ1n) is 10.1. The van der Waals surface area contributed by atoms with E-state index in [2.05, 4.69) is 0 Å². The highest BCUT2D eigenvalue weighted by Crippen LogP contribution is 2.38. The van der Waals surface area contributed by atoms with Crippen LogP contribution in [0.1, 0.15) is 10.4 Å². The molecule has 0 saturated carbocycles. The first-order valence-corrected chi connectivity index (χ1v) is 10.1. The summed E-state index contributed by atoms with van der Waals surface area (Å²) in [4.78, 5) is 11.0. The molecule has 2 saturated heterocycles. The van der Waals surface area contributed by atoms with E-state index in [-0.39, 0.29) is 17.1 Å². The first kappa shape index (κ1) is 25.7. The maximum atomic E-state index is 11.0. The number of aliphatic hydroxyl groups excluding tert-OH is 7. The molecule has 1 aromatic rings. The van der Waals surface area contributed by atoms with Crippen LogP contribution in [0.2, 0.25) is 0 Å². The van der Waals surface area contributed by atoms with Gasteiger partial charge in [-0.3, -0.25) is 4.79 Å². The van der Waals surface area contributed by atoms with Crippen LogP contribution in [0.25, 0.3) is 0 Å². The van der Waals surface area contributed by atoms with E-state index >= 15 is 0 Å². The Morgan fingerprint density at radius 2 is 1.70 bits per heavy atom. The maximum Gasteiger partial charge on any atom is 0.224 e. The minimum Gasteiger partial charge on any atom is -0.493 e. The summed E-state index contributed by atoms with van der Waals surface area (Å²) in [6, 6.07) is 4.14. The van der Waals surface area contributed by atoms with Crippen LogP contribution in [-0.4, -0.2) is 124 Å². The SMILES string of the molecule is COc1cc(C=O)ccc1O[C@H]1[C@@H](O[C@]2(CO)O[C@H](CO)[C@@H](O)[C@@H]2O)O[C@H](CO)[C@@H](O)[C@@H]1O. The molecular weight excluding hydrogens is 448 g/mol. The van der Waals surface area contributed by atoms with Gasteiger partial charge in [0, 0.05) is 5.56 Å². The lowest BCUT2D eigenvalue weighted by atomic mass is 9.98. The molecule has 7 N–H and O–H groups in total. The highest BCUT2D eigenvalue weighted by atomic mass is 16.8. The average Bonchev–Trinajstić information content (AvgIpc) is 3.08. The number of rotatable bonds is 9. The predicted octanol–water partition coefficient (Wildman–Crippen LogP) is -3.49. The normalized spacial score (nSPS) is 38.8. The molecule has 1 aromatic carbocycles. The fraction of sp³-hybridized carbons (Fsp3) is 0.650. The second-order valence-corrected chi connectivity index (χ2v) is 7.68. The van der Waals surface area contributed by atoms with E-state index in [1.165, 1.54) is 25.3 Å². The standard InChI is InChI=1S/C20H28O13/c1-29-11-4-9(5-21)2-3-10(11)30-17-16(27)14(25)12(6-22)31-19(17)33-20(8-24)18(28)15(26)13(7-23)32-20/h2-5,12-19,22-28H,6-8H2,1H3/t12-,13-,14-,15-,16+,17-,18+,19-,20+/m1/s1. The lowest BCUT2D eigenvalue weighted by Gasteiger charge is -2.44. The zero-order valence-corrected chi connectivity index (χ0v) is 17.6. The van der Waals surface area contributed by atoms with Crippen molar-refractivity contribution in [2.24, 2.45) is 0 Å². The highest BCUT2D eigenvalue weighted by molar-refractivity contribution is 5.76. The van der Waals surface area contributed by atoms with Gasteiger partial charge >= 0.3 is 0 Å². The Bertz CT molecular complexity index is 806. The van der Waals surface area contributed by atoms with Gasteiger partial charge in [0.15, 0.2) is 17.6 Å². The second-order valence-electron chi connectivity index (χ2n) is 7.68. The molecule has 13 nitrogen and oxygen atoms in total. The van der Waals surface area contributed by atoms with Gasteiger partial charge in [-0.15, -0.1) is 0 Å². The number of carbonyl (C=O) groups is 1. The fourth-order valence-electron chi connectivity index (χ4n) is 3.74. The van der Waals surface area contributed by atoms with E-state index in [0.29, 0.717) is 6.29 Å². The molecule has 2 aliphatic heterocycles. The van der Waals surface area contributed by atoms with Crippen molar-refractivity contribution in [2.75, 3.05) is 26.9 Å². The van der Waals surface area contributed by atoms with Gasteiger partial charge in [0.1, 0.15) is 49.5 Å². The topological polar surface area (TPSA) is 205 Å². The molecular formula is C20H28O13. The van der Waals surface area contributed by atoms with Crippen LogP contribution in [-0.2, 0) is 14.2 Å². The number of benzene rings is 1. The number of hydrogen-bond acceptors (Lipinski definition) is 13. The Labute approximate surface area is 188 Å². The van der Waals surface area contributed by atoms with Gasteiger partial charge in [0.05, 0.1) is 20.3 Å². The van der Waals surface area contributed by atoms with Crippen LogP contribution in [0.4, 0.5) is 0 Å². The van der Waals surface area contributed by atoms with Crippen molar-refractivity contribution in [2.45, 2.75) is 54.8 Å². The summed E-state index contributed by atoms with van der Waals surface area (Å²) in [5.41, 5.74) is 0.276. The van der Waals surface area contributed by atoms with E-state index < -0.39 is 74.6 Å². The summed E-state index contributed by atoms with van der Waals surface area (Å²) in [6.07, 6.45) is -12.0. The van der Waals surface area contributed by atoms with E-state index in [0.717, 1.165) is 0 Å². The Kier molecular flexibility index (Phi) is 8.23. The Morgan fingerprint density at radius 1 is 1.00 bits per heavy atom. The van der Waals surface area contributed by atoms with Crippen LogP contribution >= 0.6 is 0 Å². The van der Waals surface area contributed by atoms with Crippen LogP contribution in [0.5, 0.6) is 11.5 Å².